The van der Waals surface area contributed by atoms with Crippen LogP contribution in [-0.4, -0.2) is 68.9 Å². The first-order valence-corrected chi connectivity index (χ1v) is 10.9. The lowest BCUT2D eigenvalue weighted by molar-refractivity contribution is -0.0571. The Morgan fingerprint density at radius 1 is 1.19 bits per heavy atom. The van der Waals surface area contributed by atoms with Crippen LogP contribution in [0.2, 0.25) is 0 Å². The van der Waals surface area contributed by atoms with E-state index in [0.29, 0.717) is 19.1 Å². The van der Waals surface area contributed by atoms with E-state index in [4.69, 9.17) is 9.47 Å². The predicted molar refractivity (Wildman–Crippen MR) is 96.5 cm³/mol. The highest BCUT2D eigenvalue weighted by Gasteiger charge is 2.48. The van der Waals surface area contributed by atoms with E-state index >= 15 is 0 Å². The second-order valence-corrected chi connectivity index (χ2v) is 9.93. The number of sulfone groups is 1. The number of fused-ring (bicyclic) bond motifs is 2. The molecule has 0 radical (unpaired) electrons. The minimum atomic E-state index is -3.69. The van der Waals surface area contributed by atoms with Gasteiger partial charge in [-0.25, -0.2) is 8.42 Å². The molecule has 3 saturated heterocycles. The average Bonchev–Trinajstić information content (AvgIpc) is 3.37. The number of piperidine rings is 1. The molecule has 1 N–H and O–H groups in total. The van der Waals surface area contributed by atoms with Crippen molar-refractivity contribution in [1.82, 2.24) is 4.90 Å². The number of nitrogens with zero attached hydrogens (tertiary/aromatic N) is 1. The predicted octanol–water partition coefficient (Wildman–Crippen LogP) is 1.21. The van der Waals surface area contributed by atoms with Gasteiger partial charge < -0.3 is 19.5 Å². The van der Waals surface area contributed by atoms with Gasteiger partial charge in [-0.05, 0) is 37.9 Å². The maximum absolute atomic E-state index is 13.4. The highest BCUT2D eigenvalue weighted by atomic mass is 32.2. The fourth-order valence-electron chi connectivity index (χ4n) is 4.57. The van der Waals surface area contributed by atoms with Crippen LogP contribution in [0.1, 0.15) is 18.4 Å². The summed E-state index contributed by atoms with van der Waals surface area (Å²) in [6.07, 6.45) is -0.269. The molecule has 3 aliphatic rings. The minimum absolute atomic E-state index is 0.00428. The second kappa shape index (κ2) is 7.20. The lowest BCUT2D eigenvalue weighted by Gasteiger charge is -2.33. The molecule has 0 saturated carbocycles. The van der Waals surface area contributed by atoms with E-state index in [0.717, 1.165) is 31.6 Å². The molecule has 4 rings (SSSR count). The first-order valence-electron chi connectivity index (χ1n) is 9.39. The normalized spacial score (nSPS) is 31.4. The van der Waals surface area contributed by atoms with Gasteiger partial charge in [0.1, 0.15) is 0 Å². The van der Waals surface area contributed by atoms with Crippen LogP contribution in [0.4, 0.5) is 0 Å². The van der Waals surface area contributed by atoms with Gasteiger partial charge in [0.05, 0.1) is 29.5 Å². The van der Waals surface area contributed by atoms with Crippen LogP contribution >= 0.6 is 0 Å². The zero-order chi connectivity index (χ0) is 18.3. The van der Waals surface area contributed by atoms with E-state index in [1.807, 2.05) is 6.92 Å². The molecule has 0 aliphatic carbocycles. The highest BCUT2D eigenvalue weighted by molar-refractivity contribution is 7.92. The maximum atomic E-state index is 13.4. The van der Waals surface area contributed by atoms with Crippen molar-refractivity contribution in [1.29, 1.82) is 0 Å². The van der Waals surface area contributed by atoms with Crippen molar-refractivity contribution in [2.24, 2.45) is 11.8 Å². The number of ether oxygens (including phenoxy) is 2. The van der Waals surface area contributed by atoms with Gasteiger partial charge >= 0.3 is 0 Å². The van der Waals surface area contributed by atoms with Crippen LogP contribution in [0.15, 0.2) is 29.2 Å². The molecule has 3 aliphatic heterocycles. The Labute approximate surface area is 155 Å². The molecule has 1 aromatic rings. The first-order chi connectivity index (χ1) is 12.4. The largest absolute Gasteiger partial charge is 0.391 e. The van der Waals surface area contributed by atoms with E-state index < -0.39 is 27.5 Å². The van der Waals surface area contributed by atoms with Gasteiger partial charge in [0.25, 0.3) is 0 Å². The fourth-order valence-corrected chi connectivity index (χ4v) is 6.42. The first kappa shape index (κ1) is 18.4. The van der Waals surface area contributed by atoms with Crippen LogP contribution < -0.4 is 0 Å². The fraction of sp³-hybridized carbons (Fsp3) is 0.684. The summed E-state index contributed by atoms with van der Waals surface area (Å²) in [5, 5.41) is 10.2. The smallest absolute Gasteiger partial charge is 0.183 e. The van der Waals surface area contributed by atoms with Crippen molar-refractivity contribution in [2.75, 3.05) is 32.8 Å². The lowest BCUT2D eigenvalue weighted by atomic mass is 9.85. The number of aryl methyl sites for hydroxylation is 1. The Morgan fingerprint density at radius 3 is 2.46 bits per heavy atom. The Hall–Kier alpha value is -0.990. The van der Waals surface area contributed by atoms with Crippen LogP contribution in [0, 0.1) is 18.8 Å². The van der Waals surface area contributed by atoms with Crippen molar-refractivity contribution in [3.63, 3.8) is 0 Å². The Bertz CT molecular complexity index is 729. The molecule has 3 fully saturated rings. The summed E-state index contributed by atoms with van der Waals surface area (Å²) in [5.41, 5.74) is 1.00. The SMILES string of the molecule is Cc1ccc(S(=O)(=O)C(CC2OCCO2)C(O)C2CN3CCC2C3)cc1. The monoisotopic (exact) mass is 381 g/mol. The van der Waals surface area contributed by atoms with E-state index in [-0.39, 0.29) is 17.2 Å². The van der Waals surface area contributed by atoms with Crippen LogP contribution in [0.5, 0.6) is 0 Å². The van der Waals surface area contributed by atoms with E-state index in [9.17, 15) is 13.5 Å². The van der Waals surface area contributed by atoms with E-state index in [1.165, 1.54) is 0 Å². The van der Waals surface area contributed by atoms with Crippen molar-refractivity contribution in [2.45, 2.75) is 42.3 Å². The number of hydrogen-bond acceptors (Lipinski definition) is 6. The zero-order valence-corrected chi connectivity index (χ0v) is 15.9. The molecule has 6 nitrogen and oxygen atoms in total. The summed E-state index contributed by atoms with van der Waals surface area (Å²) in [4.78, 5) is 2.57. The molecule has 144 valence electrons. The quantitative estimate of drug-likeness (QED) is 0.798. The van der Waals surface area contributed by atoms with Crippen LogP contribution in [0.3, 0.4) is 0 Å². The Balaban J connectivity index is 1.62. The molecule has 0 amide bonds. The molecule has 0 spiro atoms. The summed E-state index contributed by atoms with van der Waals surface area (Å²) >= 11 is 0. The van der Waals surface area contributed by atoms with Crippen molar-refractivity contribution in [3.05, 3.63) is 29.8 Å². The summed E-state index contributed by atoms with van der Waals surface area (Å²) in [7, 11) is -3.69. The Morgan fingerprint density at radius 2 is 1.88 bits per heavy atom. The van der Waals surface area contributed by atoms with Gasteiger partial charge in [-0.3, -0.25) is 0 Å². The molecular formula is C19H27NO5S. The molecule has 5 atom stereocenters. The molecule has 5 unspecified atom stereocenters. The molecule has 26 heavy (non-hydrogen) atoms. The van der Waals surface area contributed by atoms with Crippen LogP contribution in [0.25, 0.3) is 0 Å². The van der Waals surface area contributed by atoms with Crippen molar-refractivity contribution < 1.29 is 23.0 Å². The van der Waals surface area contributed by atoms with Crippen LogP contribution in [-0.2, 0) is 19.3 Å². The lowest BCUT2D eigenvalue weighted by Crippen LogP contribution is -2.45. The third kappa shape index (κ3) is 3.43. The van der Waals surface area contributed by atoms with Crippen molar-refractivity contribution >= 4 is 9.84 Å². The average molecular weight is 381 g/mol. The summed E-state index contributed by atoms with van der Waals surface area (Å²) < 4.78 is 37.7. The second-order valence-electron chi connectivity index (χ2n) is 7.77. The zero-order valence-electron chi connectivity index (χ0n) is 15.1. The third-order valence-corrected chi connectivity index (χ3v) is 8.26. The van der Waals surface area contributed by atoms with Gasteiger partial charge in [-0.2, -0.15) is 0 Å². The van der Waals surface area contributed by atoms with Gasteiger partial charge in [-0.1, -0.05) is 17.7 Å². The van der Waals surface area contributed by atoms with Gasteiger partial charge in [-0.15, -0.1) is 0 Å². The molecule has 7 heteroatoms. The van der Waals surface area contributed by atoms with Crippen molar-refractivity contribution in [3.8, 4) is 0 Å². The topological polar surface area (TPSA) is 76.1 Å². The molecule has 3 heterocycles. The number of hydrogen-bond donors (Lipinski definition) is 1. The Kier molecular flexibility index (Phi) is 5.09. The van der Waals surface area contributed by atoms with Gasteiger partial charge in [0, 0.05) is 25.4 Å². The molecule has 2 bridgehead atoms. The molecule has 1 aromatic carbocycles. The summed E-state index contributed by atoms with van der Waals surface area (Å²) in [6.45, 7) is 5.66. The number of benzene rings is 1. The maximum Gasteiger partial charge on any atom is 0.183 e. The number of aliphatic hydroxyl groups excluding tert-OH is 1. The van der Waals surface area contributed by atoms with Gasteiger partial charge in [0.2, 0.25) is 0 Å². The minimum Gasteiger partial charge on any atom is -0.391 e. The molecule has 0 aromatic heterocycles. The summed E-state index contributed by atoms with van der Waals surface area (Å²) in [5.74, 6) is 0.376. The summed E-state index contributed by atoms with van der Waals surface area (Å²) in [6, 6.07) is 6.85. The number of aliphatic hydroxyl groups is 1. The highest BCUT2D eigenvalue weighted by Crippen LogP contribution is 2.38. The van der Waals surface area contributed by atoms with E-state index in [2.05, 4.69) is 4.90 Å². The van der Waals surface area contributed by atoms with Gasteiger partial charge in [0.15, 0.2) is 16.1 Å². The number of rotatable bonds is 6. The third-order valence-electron chi connectivity index (χ3n) is 6.07. The molecular weight excluding hydrogens is 354 g/mol. The standard InChI is InChI=1S/C19H27NO5S/c1-13-2-4-15(5-3-13)26(22,23)17(10-18-24-8-9-25-18)19(21)16-12-20-7-6-14(16)11-20/h2-5,14,16-19,21H,6-12H2,1H3. The van der Waals surface area contributed by atoms with E-state index in [1.54, 1.807) is 24.3 Å².